The number of carbonyl (C=O) groups excluding carboxylic acids is 2. The standard InChI is InChI=1S/C19H27NO4/c1-13-8-7-9-14(12-13)16(15-10-5-6-11-20-15)17(21)23-18(22)24-19(2,3)4/h7-9,12,15-16,20H,5-6,10-11H2,1-4H3. The maximum absolute atomic E-state index is 12.7. The lowest BCUT2D eigenvalue weighted by atomic mass is 9.86. The number of hydrogen-bond donors (Lipinski definition) is 1. The smallest absolute Gasteiger partial charge is 0.428 e. The van der Waals surface area contributed by atoms with E-state index in [9.17, 15) is 9.59 Å². The SMILES string of the molecule is Cc1cccc(C(C(=O)OC(=O)OC(C)(C)C)C2CCCCN2)c1. The van der Waals surface area contributed by atoms with Crippen molar-refractivity contribution in [3.8, 4) is 0 Å². The van der Waals surface area contributed by atoms with Crippen LogP contribution in [0, 0.1) is 6.92 Å². The van der Waals surface area contributed by atoms with E-state index in [0.717, 1.165) is 36.9 Å². The molecule has 132 valence electrons. The fraction of sp³-hybridized carbons (Fsp3) is 0.579. The predicted octanol–water partition coefficient (Wildman–Crippen LogP) is 3.70. The van der Waals surface area contributed by atoms with Crippen molar-refractivity contribution in [3.63, 3.8) is 0 Å². The second-order valence-corrected chi connectivity index (χ2v) is 7.33. The third-order valence-corrected chi connectivity index (χ3v) is 3.98. The van der Waals surface area contributed by atoms with Crippen LogP contribution in [0.3, 0.4) is 0 Å². The molecular formula is C19H27NO4. The van der Waals surface area contributed by atoms with Crippen molar-refractivity contribution in [3.05, 3.63) is 35.4 Å². The number of esters is 1. The summed E-state index contributed by atoms with van der Waals surface area (Å²) in [6.45, 7) is 8.05. The first-order valence-electron chi connectivity index (χ1n) is 8.51. The van der Waals surface area contributed by atoms with Gasteiger partial charge in [-0.25, -0.2) is 4.79 Å². The molecular weight excluding hydrogens is 306 g/mol. The van der Waals surface area contributed by atoms with E-state index < -0.39 is 23.6 Å². The molecule has 1 aromatic rings. The number of nitrogens with one attached hydrogen (secondary N) is 1. The maximum atomic E-state index is 12.7. The zero-order chi connectivity index (χ0) is 17.7. The highest BCUT2D eigenvalue weighted by Gasteiger charge is 2.34. The molecule has 0 bridgehead atoms. The molecule has 2 atom stereocenters. The Bertz CT molecular complexity index is 585. The van der Waals surface area contributed by atoms with Crippen molar-refractivity contribution < 1.29 is 19.1 Å². The van der Waals surface area contributed by atoms with Crippen molar-refractivity contribution >= 4 is 12.1 Å². The van der Waals surface area contributed by atoms with Crippen molar-refractivity contribution in [1.29, 1.82) is 0 Å². The number of ether oxygens (including phenoxy) is 2. The highest BCUT2D eigenvalue weighted by Crippen LogP contribution is 2.28. The molecule has 0 aromatic heterocycles. The van der Waals surface area contributed by atoms with Gasteiger partial charge in [0.1, 0.15) is 5.60 Å². The van der Waals surface area contributed by atoms with Gasteiger partial charge in [-0.3, -0.25) is 4.79 Å². The summed E-state index contributed by atoms with van der Waals surface area (Å²) in [7, 11) is 0. The molecule has 1 aliphatic heterocycles. The highest BCUT2D eigenvalue weighted by molar-refractivity contribution is 5.87. The van der Waals surface area contributed by atoms with Crippen molar-refractivity contribution in [2.45, 2.75) is 64.5 Å². The summed E-state index contributed by atoms with van der Waals surface area (Å²) in [6, 6.07) is 7.74. The normalized spacial score (nSPS) is 19.4. The molecule has 0 radical (unpaired) electrons. The molecule has 0 aliphatic carbocycles. The van der Waals surface area contributed by atoms with Crippen LogP contribution in [0.4, 0.5) is 4.79 Å². The molecule has 0 amide bonds. The summed E-state index contributed by atoms with van der Waals surface area (Å²) in [4.78, 5) is 24.6. The van der Waals surface area contributed by atoms with Gasteiger partial charge < -0.3 is 14.8 Å². The largest absolute Gasteiger partial charge is 0.516 e. The van der Waals surface area contributed by atoms with Gasteiger partial charge in [-0.05, 0) is 52.6 Å². The molecule has 1 fully saturated rings. The quantitative estimate of drug-likeness (QED) is 0.675. The Morgan fingerprint density at radius 3 is 2.58 bits per heavy atom. The molecule has 2 rings (SSSR count). The summed E-state index contributed by atoms with van der Waals surface area (Å²) < 4.78 is 10.1. The monoisotopic (exact) mass is 333 g/mol. The number of benzene rings is 1. The summed E-state index contributed by atoms with van der Waals surface area (Å²) in [6.07, 6.45) is 2.08. The first kappa shape index (κ1) is 18.5. The second-order valence-electron chi connectivity index (χ2n) is 7.33. The van der Waals surface area contributed by atoms with Crippen LogP contribution in [-0.2, 0) is 14.3 Å². The van der Waals surface area contributed by atoms with Gasteiger partial charge in [-0.2, -0.15) is 0 Å². The highest BCUT2D eigenvalue weighted by atomic mass is 16.7. The molecule has 5 heteroatoms. The van der Waals surface area contributed by atoms with Gasteiger partial charge in [0.05, 0.1) is 5.92 Å². The van der Waals surface area contributed by atoms with Gasteiger partial charge in [-0.15, -0.1) is 0 Å². The lowest BCUT2D eigenvalue weighted by Gasteiger charge is -2.30. The second kappa shape index (κ2) is 7.79. The Hall–Kier alpha value is -1.88. The molecule has 0 saturated carbocycles. The minimum Gasteiger partial charge on any atom is -0.428 e. The molecule has 1 aromatic carbocycles. The Morgan fingerprint density at radius 2 is 2.00 bits per heavy atom. The number of rotatable bonds is 3. The van der Waals surface area contributed by atoms with E-state index in [1.54, 1.807) is 20.8 Å². The van der Waals surface area contributed by atoms with Crippen LogP contribution in [0.25, 0.3) is 0 Å². The van der Waals surface area contributed by atoms with Crippen LogP contribution in [0.5, 0.6) is 0 Å². The van der Waals surface area contributed by atoms with Crippen LogP contribution in [-0.4, -0.2) is 30.3 Å². The lowest BCUT2D eigenvalue weighted by Crippen LogP contribution is -2.43. The van der Waals surface area contributed by atoms with E-state index in [4.69, 9.17) is 9.47 Å². The Kier molecular flexibility index (Phi) is 5.99. The molecule has 1 N–H and O–H groups in total. The van der Waals surface area contributed by atoms with Gasteiger partial charge in [0.2, 0.25) is 0 Å². The minimum absolute atomic E-state index is 0.0320. The van der Waals surface area contributed by atoms with E-state index >= 15 is 0 Å². The first-order valence-corrected chi connectivity index (χ1v) is 8.51. The summed E-state index contributed by atoms with van der Waals surface area (Å²) in [5.41, 5.74) is 1.24. The molecule has 1 aliphatic rings. The predicted molar refractivity (Wildman–Crippen MR) is 91.9 cm³/mol. The van der Waals surface area contributed by atoms with Crippen molar-refractivity contribution in [1.82, 2.24) is 5.32 Å². The lowest BCUT2D eigenvalue weighted by molar-refractivity contribution is -0.144. The Balaban J connectivity index is 2.18. The number of aryl methyl sites for hydroxylation is 1. The van der Waals surface area contributed by atoms with Crippen LogP contribution in [0.2, 0.25) is 0 Å². The van der Waals surface area contributed by atoms with E-state index in [-0.39, 0.29) is 6.04 Å². The molecule has 1 heterocycles. The fourth-order valence-corrected chi connectivity index (χ4v) is 2.98. The number of hydrogen-bond acceptors (Lipinski definition) is 5. The maximum Gasteiger partial charge on any atom is 0.516 e. The Labute approximate surface area is 143 Å². The summed E-state index contributed by atoms with van der Waals surface area (Å²) in [5.74, 6) is -1.08. The summed E-state index contributed by atoms with van der Waals surface area (Å²) in [5, 5.41) is 3.39. The van der Waals surface area contributed by atoms with Crippen LogP contribution < -0.4 is 5.32 Å². The van der Waals surface area contributed by atoms with E-state index in [1.807, 2.05) is 31.2 Å². The molecule has 0 spiro atoms. The van der Waals surface area contributed by atoms with Gasteiger partial charge in [-0.1, -0.05) is 36.2 Å². The van der Waals surface area contributed by atoms with Crippen LogP contribution in [0.15, 0.2) is 24.3 Å². The molecule has 5 nitrogen and oxygen atoms in total. The summed E-state index contributed by atoms with van der Waals surface area (Å²) >= 11 is 0. The fourth-order valence-electron chi connectivity index (χ4n) is 2.98. The van der Waals surface area contributed by atoms with E-state index in [2.05, 4.69) is 5.32 Å². The van der Waals surface area contributed by atoms with Gasteiger partial charge >= 0.3 is 12.1 Å². The van der Waals surface area contributed by atoms with Gasteiger partial charge in [0.25, 0.3) is 0 Å². The number of piperidine rings is 1. The zero-order valence-electron chi connectivity index (χ0n) is 14.9. The average molecular weight is 333 g/mol. The van der Waals surface area contributed by atoms with Gasteiger partial charge in [0, 0.05) is 6.04 Å². The molecule has 2 unspecified atom stereocenters. The number of carbonyl (C=O) groups is 2. The van der Waals surface area contributed by atoms with E-state index in [0.29, 0.717) is 0 Å². The zero-order valence-corrected chi connectivity index (χ0v) is 14.9. The minimum atomic E-state index is -0.944. The van der Waals surface area contributed by atoms with Gasteiger partial charge in [0.15, 0.2) is 0 Å². The van der Waals surface area contributed by atoms with Crippen molar-refractivity contribution in [2.24, 2.45) is 0 Å². The van der Waals surface area contributed by atoms with Crippen molar-refractivity contribution in [2.75, 3.05) is 6.54 Å². The molecule has 1 saturated heterocycles. The van der Waals surface area contributed by atoms with E-state index in [1.165, 1.54) is 0 Å². The third kappa shape index (κ3) is 5.34. The average Bonchev–Trinajstić information content (AvgIpc) is 2.46. The first-order chi connectivity index (χ1) is 11.3. The van der Waals surface area contributed by atoms with Crippen LogP contribution >= 0.6 is 0 Å². The topological polar surface area (TPSA) is 64.6 Å². The Morgan fingerprint density at radius 1 is 1.25 bits per heavy atom. The molecule has 24 heavy (non-hydrogen) atoms. The van der Waals surface area contributed by atoms with Crippen LogP contribution in [0.1, 0.15) is 57.1 Å². The third-order valence-electron chi connectivity index (χ3n) is 3.98.